The van der Waals surface area contributed by atoms with Gasteiger partial charge in [-0.05, 0) is 12.1 Å². The number of hydrogen-bond donors (Lipinski definition) is 0. The minimum atomic E-state index is 0.927. The van der Waals surface area contributed by atoms with Gasteiger partial charge in [0, 0.05) is 24.0 Å². The van der Waals surface area contributed by atoms with Crippen molar-refractivity contribution in [3.05, 3.63) is 36.0 Å². The highest BCUT2D eigenvalue weighted by molar-refractivity contribution is 5.88. The molecule has 1 aliphatic rings. The molecule has 3 rings (SSSR count). The predicted molar refractivity (Wildman–Crippen MR) is 54.4 cm³/mol. The number of aliphatic imine (C=N–C) groups is 1. The van der Waals surface area contributed by atoms with Crippen LogP contribution in [0.5, 0.6) is 0 Å². The zero-order valence-corrected chi connectivity index (χ0v) is 7.27. The summed E-state index contributed by atoms with van der Waals surface area (Å²) in [6, 6.07) is 10.7. The molecular formula is C11H10N2. The maximum Gasteiger partial charge on any atom is 0.0938 e. The second-order valence-corrected chi connectivity index (χ2v) is 3.34. The molecule has 2 heteroatoms. The van der Waals surface area contributed by atoms with Gasteiger partial charge in [-0.1, -0.05) is 18.2 Å². The summed E-state index contributed by atoms with van der Waals surface area (Å²) in [4.78, 5) is 4.28. The van der Waals surface area contributed by atoms with Gasteiger partial charge < -0.3 is 4.57 Å². The largest absolute Gasteiger partial charge is 0.305 e. The molecule has 0 N–H and O–H groups in total. The molecule has 13 heavy (non-hydrogen) atoms. The monoisotopic (exact) mass is 170 g/mol. The fraction of sp³-hybridized carbons (Fsp3) is 0.182. The maximum absolute atomic E-state index is 4.28. The topological polar surface area (TPSA) is 17.3 Å². The van der Waals surface area contributed by atoms with E-state index >= 15 is 0 Å². The van der Waals surface area contributed by atoms with Crippen molar-refractivity contribution in [2.45, 2.75) is 6.42 Å². The fourth-order valence-corrected chi connectivity index (χ4v) is 1.88. The smallest absolute Gasteiger partial charge is 0.0938 e. The van der Waals surface area contributed by atoms with Crippen LogP contribution in [0.1, 0.15) is 5.69 Å². The number of nitrogens with zero attached hydrogens (tertiary/aromatic N) is 2. The molecule has 64 valence electrons. The van der Waals surface area contributed by atoms with E-state index < -0.39 is 0 Å². The summed E-state index contributed by atoms with van der Waals surface area (Å²) in [5, 5.41) is 1.31. The van der Waals surface area contributed by atoms with Crippen molar-refractivity contribution in [1.82, 2.24) is 4.57 Å². The van der Waals surface area contributed by atoms with Crippen molar-refractivity contribution in [1.29, 1.82) is 0 Å². The second-order valence-electron chi connectivity index (χ2n) is 3.34. The first-order valence-electron chi connectivity index (χ1n) is 4.54. The third kappa shape index (κ3) is 0.917. The Hall–Kier alpha value is -1.57. The zero-order valence-electron chi connectivity index (χ0n) is 7.27. The van der Waals surface area contributed by atoms with E-state index in [1.807, 2.05) is 6.34 Å². The van der Waals surface area contributed by atoms with Crippen molar-refractivity contribution in [2.75, 3.05) is 6.54 Å². The second kappa shape index (κ2) is 2.46. The van der Waals surface area contributed by atoms with Gasteiger partial charge in [-0.25, -0.2) is 0 Å². The van der Waals surface area contributed by atoms with Gasteiger partial charge in [-0.3, -0.25) is 4.99 Å². The highest BCUT2D eigenvalue weighted by atomic mass is 15.0. The SMILES string of the molecule is C1=NCCc2cc3ccccc3n21. The average Bonchev–Trinajstić information content (AvgIpc) is 2.56. The fourth-order valence-electron chi connectivity index (χ4n) is 1.88. The normalized spacial score (nSPS) is 14.8. The molecule has 0 fully saturated rings. The predicted octanol–water partition coefficient (Wildman–Crippen LogP) is 2.07. The third-order valence-electron chi connectivity index (χ3n) is 2.52. The lowest BCUT2D eigenvalue weighted by atomic mass is 10.2. The van der Waals surface area contributed by atoms with Gasteiger partial charge in [-0.2, -0.15) is 0 Å². The molecule has 1 aromatic heterocycles. The molecule has 0 spiro atoms. The van der Waals surface area contributed by atoms with Crippen molar-refractivity contribution in [2.24, 2.45) is 4.99 Å². The average molecular weight is 170 g/mol. The first kappa shape index (κ1) is 6.89. The molecule has 0 radical (unpaired) electrons. The molecule has 0 saturated carbocycles. The Balaban J connectivity index is 2.42. The zero-order chi connectivity index (χ0) is 8.67. The van der Waals surface area contributed by atoms with Gasteiger partial charge >= 0.3 is 0 Å². The van der Waals surface area contributed by atoms with Crippen LogP contribution in [-0.2, 0) is 6.42 Å². The van der Waals surface area contributed by atoms with Gasteiger partial charge in [0.25, 0.3) is 0 Å². The summed E-state index contributed by atoms with van der Waals surface area (Å²) in [6.07, 6.45) is 2.99. The summed E-state index contributed by atoms with van der Waals surface area (Å²) in [5.41, 5.74) is 2.64. The first-order valence-corrected chi connectivity index (χ1v) is 4.54. The van der Waals surface area contributed by atoms with Crippen LogP contribution in [0.4, 0.5) is 0 Å². The van der Waals surface area contributed by atoms with E-state index in [2.05, 4.69) is 39.9 Å². The quantitative estimate of drug-likeness (QED) is 0.576. The molecule has 2 heterocycles. The molecule has 0 atom stereocenters. The third-order valence-corrected chi connectivity index (χ3v) is 2.52. The van der Waals surface area contributed by atoms with Gasteiger partial charge in [0.1, 0.15) is 0 Å². The molecule has 1 aliphatic heterocycles. The van der Waals surface area contributed by atoms with E-state index in [-0.39, 0.29) is 0 Å². The van der Waals surface area contributed by atoms with E-state index in [1.54, 1.807) is 0 Å². The van der Waals surface area contributed by atoms with Crippen LogP contribution in [0, 0.1) is 0 Å². The Morgan fingerprint density at radius 2 is 2.15 bits per heavy atom. The Labute approximate surface area is 76.5 Å². The van der Waals surface area contributed by atoms with Crippen LogP contribution in [0.25, 0.3) is 10.9 Å². The van der Waals surface area contributed by atoms with Crippen molar-refractivity contribution < 1.29 is 0 Å². The molecule has 2 aromatic rings. The Morgan fingerprint density at radius 1 is 1.23 bits per heavy atom. The van der Waals surface area contributed by atoms with E-state index in [4.69, 9.17) is 0 Å². The minimum Gasteiger partial charge on any atom is -0.305 e. The van der Waals surface area contributed by atoms with E-state index in [1.165, 1.54) is 16.6 Å². The summed E-state index contributed by atoms with van der Waals surface area (Å²) in [5.74, 6) is 0. The minimum absolute atomic E-state index is 0.927. The number of fused-ring (bicyclic) bond motifs is 3. The molecule has 1 aromatic carbocycles. The summed E-state index contributed by atoms with van der Waals surface area (Å²) in [6.45, 7) is 0.927. The number of benzene rings is 1. The molecule has 0 amide bonds. The Bertz CT molecular complexity index is 480. The lowest BCUT2D eigenvalue weighted by molar-refractivity contribution is 0.872. The van der Waals surface area contributed by atoms with Crippen LogP contribution in [0.3, 0.4) is 0 Å². The Morgan fingerprint density at radius 3 is 3.15 bits per heavy atom. The Kier molecular flexibility index (Phi) is 1.30. The molecular weight excluding hydrogens is 160 g/mol. The van der Waals surface area contributed by atoms with Gasteiger partial charge in [-0.15, -0.1) is 0 Å². The number of para-hydroxylation sites is 1. The van der Waals surface area contributed by atoms with E-state index in [0.29, 0.717) is 0 Å². The number of aromatic nitrogens is 1. The highest BCUT2D eigenvalue weighted by Crippen LogP contribution is 2.20. The molecule has 0 saturated heterocycles. The lowest BCUT2D eigenvalue weighted by Gasteiger charge is -2.07. The standard InChI is InChI=1S/C11H10N2/c1-2-4-11-9(3-1)7-10-5-6-12-8-13(10)11/h1-4,7-8H,5-6H2. The first-order chi connectivity index (χ1) is 6.45. The van der Waals surface area contributed by atoms with Crippen LogP contribution < -0.4 is 0 Å². The van der Waals surface area contributed by atoms with E-state index in [0.717, 1.165) is 13.0 Å². The highest BCUT2D eigenvalue weighted by Gasteiger charge is 2.08. The van der Waals surface area contributed by atoms with Crippen molar-refractivity contribution in [3.8, 4) is 0 Å². The van der Waals surface area contributed by atoms with Crippen molar-refractivity contribution in [3.63, 3.8) is 0 Å². The van der Waals surface area contributed by atoms with Gasteiger partial charge in [0.05, 0.1) is 11.9 Å². The molecule has 2 nitrogen and oxygen atoms in total. The van der Waals surface area contributed by atoms with Crippen LogP contribution >= 0.6 is 0 Å². The molecule has 0 bridgehead atoms. The summed E-state index contributed by atoms with van der Waals surface area (Å²) < 4.78 is 2.18. The van der Waals surface area contributed by atoms with E-state index in [9.17, 15) is 0 Å². The van der Waals surface area contributed by atoms with Gasteiger partial charge in [0.15, 0.2) is 0 Å². The van der Waals surface area contributed by atoms with Crippen molar-refractivity contribution >= 4 is 17.2 Å². The summed E-state index contributed by atoms with van der Waals surface area (Å²) >= 11 is 0. The molecule has 0 unspecified atom stereocenters. The lowest BCUT2D eigenvalue weighted by Crippen LogP contribution is -2.08. The number of rotatable bonds is 0. The summed E-state index contributed by atoms with van der Waals surface area (Å²) in [7, 11) is 0. The maximum atomic E-state index is 4.28. The number of hydrogen-bond acceptors (Lipinski definition) is 1. The van der Waals surface area contributed by atoms with Crippen LogP contribution in [0.15, 0.2) is 35.3 Å². The van der Waals surface area contributed by atoms with Gasteiger partial charge in [0.2, 0.25) is 0 Å². The molecule has 0 aliphatic carbocycles. The van der Waals surface area contributed by atoms with Crippen LogP contribution in [-0.4, -0.2) is 17.5 Å². The van der Waals surface area contributed by atoms with Crippen LogP contribution in [0.2, 0.25) is 0 Å².